The zero-order valence-corrected chi connectivity index (χ0v) is 11.9. The Hall–Kier alpha value is -1.17. The lowest BCUT2D eigenvalue weighted by Gasteiger charge is -2.08. The highest BCUT2D eigenvalue weighted by molar-refractivity contribution is 9.10. The summed E-state index contributed by atoms with van der Waals surface area (Å²) in [6, 6.07) is 7.85. The number of aliphatic hydroxyl groups excluding tert-OH is 1. The average Bonchev–Trinajstić information content (AvgIpc) is 2.96. The molecule has 0 radical (unpaired) electrons. The SMILES string of the molecule is OC(Cc1sccc1Br)c1cnn2ccccc12. The molecule has 1 N–H and O–H groups in total. The van der Waals surface area contributed by atoms with Crippen molar-refractivity contribution < 1.29 is 5.11 Å². The number of rotatable bonds is 3. The molecule has 0 fully saturated rings. The molecule has 5 heteroatoms. The normalized spacial score (nSPS) is 13.0. The monoisotopic (exact) mass is 322 g/mol. The topological polar surface area (TPSA) is 37.5 Å². The van der Waals surface area contributed by atoms with Crippen molar-refractivity contribution in [1.82, 2.24) is 9.61 Å². The molecule has 92 valence electrons. The van der Waals surface area contributed by atoms with Crippen LogP contribution in [0.2, 0.25) is 0 Å². The van der Waals surface area contributed by atoms with Gasteiger partial charge in [0.15, 0.2) is 0 Å². The summed E-state index contributed by atoms with van der Waals surface area (Å²) in [7, 11) is 0. The number of halogens is 1. The highest BCUT2D eigenvalue weighted by Crippen LogP contribution is 2.29. The lowest BCUT2D eigenvalue weighted by atomic mass is 10.1. The summed E-state index contributed by atoms with van der Waals surface area (Å²) < 4.78 is 2.84. The van der Waals surface area contributed by atoms with Crippen LogP contribution in [0.15, 0.2) is 46.5 Å². The molecular weight excluding hydrogens is 312 g/mol. The second-order valence-electron chi connectivity index (χ2n) is 4.04. The van der Waals surface area contributed by atoms with Gasteiger partial charge in [-0.1, -0.05) is 6.07 Å². The van der Waals surface area contributed by atoms with E-state index in [0.29, 0.717) is 6.42 Å². The molecule has 18 heavy (non-hydrogen) atoms. The molecule has 0 aliphatic carbocycles. The van der Waals surface area contributed by atoms with E-state index in [-0.39, 0.29) is 0 Å². The Balaban J connectivity index is 1.93. The number of pyridine rings is 1. The molecule has 0 bridgehead atoms. The van der Waals surface area contributed by atoms with Crippen LogP contribution in [0.3, 0.4) is 0 Å². The Kier molecular flexibility index (Phi) is 3.20. The highest BCUT2D eigenvalue weighted by Gasteiger charge is 2.15. The second kappa shape index (κ2) is 4.84. The lowest BCUT2D eigenvalue weighted by Crippen LogP contribution is -2.00. The zero-order valence-electron chi connectivity index (χ0n) is 9.45. The van der Waals surface area contributed by atoms with Gasteiger partial charge in [0.2, 0.25) is 0 Å². The third kappa shape index (κ3) is 2.09. The molecule has 0 aromatic carbocycles. The summed E-state index contributed by atoms with van der Waals surface area (Å²) >= 11 is 5.13. The minimum absolute atomic E-state index is 0.528. The van der Waals surface area contributed by atoms with Crippen molar-refractivity contribution in [3.05, 3.63) is 57.0 Å². The van der Waals surface area contributed by atoms with Gasteiger partial charge in [-0.15, -0.1) is 11.3 Å². The third-order valence-corrected chi connectivity index (χ3v) is 4.83. The van der Waals surface area contributed by atoms with Gasteiger partial charge in [-0.3, -0.25) is 0 Å². The van der Waals surface area contributed by atoms with Crippen molar-refractivity contribution in [2.75, 3.05) is 0 Å². The highest BCUT2D eigenvalue weighted by atomic mass is 79.9. The first kappa shape index (κ1) is 11.9. The van der Waals surface area contributed by atoms with E-state index in [1.165, 1.54) is 0 Å². The van der Waals surface area contributed by atoms with Crippen LogP contribution in [0.1, 0.15) is 16.5 Å². The molecule has 0 spiro atoms. The Morgan fingerprint density at radius 2 is 2.28 bits per heavy atom. The van der Waals surface area contributed by atoms with Crippen LogP contribution < -0.4 is 0 Å². The molecule has 0 saturated heterocycles. The molecule has 3 nitrogen and oxygen atoms in total. The van der Waals surface area contributed by atoms with Crippen LogP contribution in [0.5, 0.6) is 0 Å². The summed E-state index contributed by atoms with van der Waals surface area (Å²) in [4.78, 5) is 1.15. The maximum atomic E-state index is 10.3. The minimum atomic E-state index is -0.528. The van der Waals surface area contributed by atoms with Crippen molar-refractivity contribution in [1.29, 1.82) is 0 Å². The van der Waals surface area contributed by atoms with Gasteiger partial charge >= 0.3 is 0 Å². The maximum Gasteiger partial charge on any atom is 0.0875 e. The molecule has 0 amide bonds. The van der Waals surface area contributed by atoms with Crippen LogP contribution in [-0.4, -0.2) is 14.7 Å². The van der Waals surface area contributed by atoms with Crippen molar-refractivity contribution in [3.8, 4) is 0 Å². The van der Waals surface area contributed by atoms with E-state index < -0.39 is 6.10 Å². The molecule has 0 aliphatic rings. The third-order valence-electron chi connectivity index (χ3n) is 2.89. The van der Waals surface area contributed by atoms with Crippen molar-refractivity contribution in [2.24, 2.45) is 0 Å². The van der Waals surface area contributed by atoms with Gasteiger partial charge < -0.3 is 5.11 Å². The molecule has 3 rings (SSSR count). The molecule has 3 aromatic heterocycles. The Bertz CT molecular complexity index is 676. The standard InChI is InChI=1S/C13H11BrN2OS/c14-10-4-6-18-13(10)7-12(17)9-8-15-16-5-2-1-3-11(9)16/h1-6,8,12,17H,7H2. The second-order valence-corrected chi connectivity index (χ2v) is 5.90. The number of hydrogen-bond donors (Lipinski definition) is 1. The van der Waals surface area contributed by atoms with E-state index in [2.05, 4.69) is 21.0 Å². The number of aromatic nitrogens is 2. The fourth-order valence-corrected chi connectivity index (χ4v) is 3.52. The summed E-state index contributed by atoms with van der Waals surface area (Å²) in [6.07, 6.45) is 3.70. The number of hydrogen-bond acceptors (Lipinski definition) is 3. The van der Waals surface area contributed by atoms with Crippen LogP contribution in [-0.2, 0) is 6.42 Å². The smallest absolute Gasteiger partial charge is 0.0875 e. The largest absolute Gasteiger partial charge is 0.388 e. The first-order valence-electron chi connectivity index (χ1n) is 5.58. The van der Waals surface area contributed by atoms with Crippen LogP contribution in [0, 0.1) is 0 Å². The van der Waals surface area contributed by atoms with Gasteiger partial charge in [0.25, 0.3) is 0 Å². The quantitative estimate of drug-likeness (QED) is 0.802. The Morgan fingerprint density at radius 1 is 1.39 bits per heavy atom. The van der Waals surface area contributed by atoms with Crippen LogP contribution in [0.25, 0.3) is 5.52 Å². The van der Waals surface area contributed by atoms with Crippen LogP contribution >= 0.6 is 27.3 Å². The van der Waals surface area contributed by atoms with Crippen LogP contribution in [0.4, 0.5) is 0 Å². The summed E-state index contributed by atoms with van der Waals surface area (Å²) in [6.45, 7) is 0. The number of thiophene rings is 1. The van der Waals surface area contributed by atoms with Gasteiger partial charge in [0.05, 0.1) is 17.8 Å². The Labute approximate surface area is 117 Å². The van der Waals surface area contributed by atoms with Crippen molar-refractivity contribution in [2.45, 2.75) is 12.5 Å². The van der Waals surface area contributed by atoms with Gasteiger partial charge in [-0.2, -0.15) is 5.10 Å². The summed E-state index contributed by atoms with van der Waals surface area (Å²) in [5.74, 6) is 0. The van der Waals surface area contributed by atoms with E-state index in [0.717, 1.165) is 20.4 Å². The van der Waals surface area contributed by atoms with Crippen molar-refractivity contribution in [3.63, 3.8) is 0 Å². The number of aliphatic hydroxyl groups is 1. The fraction of sp³-hybridized carbons (Fsp3) is 0.154. The van der Waals surface area contributed by atoms with E-state index in [1.807, 2.05) is 35.8 Å². The molecule has 3 aromatic rings. The number of fused-ring (bicyclic) bond motifs is 1. The van der Waals surface area contributed by atoms with Gasteiger partial charge in [0, 0.05) is 27.5 Å². The molecule has 1 unspecified atom stereocenters. The lowest BCUT2D eigenvalue weighted by molar-refractivity contribution is 0.180. The van der Waals surface area contributed by atoms with Gasteiger partial charge in [0.1, 0.15) is 0 Å². The number of nitrogens with zero attached hydrogens (tertiary/aromatic N) is 2. The van der Waals surface area contributed by atoms with E-state index in [1.54, 1.807) is 22.0 Å². The summed E-state index contributed by atoms with van der Waals surface area (Å²) in [5.41, 5.74) is 1.83. The van der Waals surface area contributed by atoms with Crippen molar-refractivity contribution >= 4 is 32.8 Å². The Morgan fingerprint density at radius 3 is 3.06 bits per heavy atom. The van der Waals surface area contributed by atoms with E-state index in [9.17, 15) is 5.11 Å². The first-order chi connectivity index (χ1) is 8.75. The van der Waals surface area contributed by atoms with Gasteiger partial charge in [-0.25, -0.2) is 4.52 Å². The molecule has 1 atom stereocenters. The van der Waals surface area contributed by atoms with E-state index >= 15 is 0 Å². The molecule has 0 saturated carbocycles. The minimum Gasteiger partial charge on any atom is -0.388 e. The summed E-state index contributed by atoms with van der Waals surface area (Å²) in [5, 5.41) is 16.6. The predicted octanol–water partition coefficient (Wildman–Crippen LogP) is 3.43. The molecule has 3 heterocycles. The molecular formula is C13H11BrN2OS. The fourth-order valence-electron chi connectivity index (χ4n) is 1.97. The van der Waals surface area contributed by atoms with Gasteiger partial charge in [-0.05, 0) is 39.5 Å². The average molecular weight is 323 g/mol. The first-order valence-corrected chi connectivity index (χ1v) is 7.25. The molecule has 0 aliphatic heterocycles. The predicted molar refractivity (Wildman–Crippen MR) is 75.9 cm³/mol. The zero-order chi connectivity index (χ0) is 12.5. The maximum absolute atomic E-state index is 10.3. The van der Waals surface area contributed by atoms with E-state index in [4.69, 9.17) is 0 Å².